The van der Waals surface area contributed by atoms with Crippen molar-refractivity contribution in [1.82, 2.24) is 15.1 Å². The van der Waals surface area contributed by atoms with Crippen molar-refractivity contribution >= 4 is 29.9 Å². The SMILES string of the molecule is CN=C(NCCCCN1CCCC1)N(C)Cc1ccc(OC)cc1OC.I. The second-order valence-corrected chi connectivity index (χ2v) is 6.76. The van der Waals surface area contributed by atoms with Crippen LogP contribution in [0.15, 0.2) is 23.2 Å². The van der Waals surface area contributed by atoms with Gasteiger partial charge in [0.15, 0.2) is 5.96 Å². The fourth-order valence-corrected chi connectivity index (χ4v) is 3.36. The zero-order valence-corrected chi connectivity index (χ0v) is 19.5. The summed E-state index contributed by atoms with van der Waals surface area (Å²) in [5, 5.41) is 3.47. The number of likely N-dealkylation sites (tertiary alicyclic amines) is 1. The van der Waals surface area contributed by atoms with E-state index >= 15 is 0 Å². The van der Waals surface area contributed by atoms with Crippen LogP contribution in [0.25, 0.3) is 0 Å². The monoisotopic (exact) mass is 490 g/mol. The number of halogens is 1. The van der Waals surface area contributed by atoms with E-state index in [1.807, 2.05) is 32.3 Å². The molecule has 0 radical (unpaired) electrons. The highest BCUT2D eigenvalue weighted by Gasteiger charge is 2.12. The Bertz CT molecular complexity index is 577. The normalized spacial score (nSPS) is 14.6. The zero-order chi connectivity index (χ0) is 18.8. The molecular formula is C20H35IN4O2. The Balaban J connectivity index is 0.00000364. The van der Waals surface area contributed by atoms with E-state index in [-0.39, 0.29) is 24.0 Å². The Morgan fingerprint density at radius 1 is 1.19 bits per heavy atom. The molecule has 0 atom stereocenters. The average Bonchev–Trinajstić information content (AvgIpc) is 3.18. The summed E-state index contributed by atoms with van der Waals surface area (Å²) in [6.45, 7) is 5.45. The lowest BCUT2D eigenvalue weighted by molar-refractivity contribution is 0.329. The lowest BCUT2D eigenvalue weighted by atomic mass is 10.2. The van der Waals surface area contributed by atoms with E-state index in [2.05, 4.69) is 20.1 Å². The van der Waals surface area contributed by atoms with E-state index in [1.165, 1.54) is 38.9 Å². The molecule has 0 saturated carbocycles. The largest absolute Gasteiger partial charge is 0.497 e. The van der Waals surface area contributed by atoms with Gasteiger partial charge < -0.3 is 24.6 Å². The molecular weight excluding hydrogens is 455 g/mol. The van der Waals surface area contributed by atoms with Crippen LogP contribution in [0.4, 0.5) is 0 Å². The minimum atomic E-state index is 0. The number of hydrogen-bond acceptors (Lipinski definition) is 4. The molecule has 1 saturated heterocycles. The first kappa shape index (κ1) is 23.8. The molecule has 0 aliphatic carbocycles. The Hall–Kier alpha value is -1.22. The molecule has 1 aromatic rings. The Kier molecular flexibility index (Phi) is 11.5. The summed E-state index contributed by atoms with van der Waals surface area (Å²) in [7, 11) is 7.22. The van der Waals surface area contributed by atoms with Crippen molar-refractivity contribution in [3.05, 3.63) is 23.8 Å². The van der Waals surface area contributed by atoms with Gasteiger partial charge in [-0.25, -0.2) is 0 Å². The lowest BCUT2D eigenvalue weighted by Crippen LogP contribution is -2.39. The maximum atomic E-state index is 5.49. The Morgan fingerprint density at radius 3 is 2.56 bits per heavy atom. The number of benzene rings is 1. The Morgan fingerprint density at radius 2 is 1.93 bits per heavy atom. The number of ether oxygens (including phenoxy) is 2. The maximum Gasteiger partial charge on any atom is 0.193 e. The second-order valence-electron chi connectivity index (χ2n) is 6.76. The van der Waals surface area contributed by atoms with Crippen molar-refractivity contribution in [3.63, 3.8) is 0 Å². The fourth-order valence-electron chi connectivity index (χ4n) is 3.36. The van der Waals surface area contributed by atoms with Crippen LogP contribution in [0, 0.1) is 0 Å². The molecule has 0 bridgehead atoms. The quantitative estimate of drug-likeness (QED) is 0.250. The molecule has 2 rings (SSSR count). The highest BCUT2D eigenvalue weighted by molar-refractivity contribution is 14.0. The van der Waals surface area contributed by atoms with Gasteiger partial charge in [0.2, 0.25) is 0 Å². The van der Waals surface area contributed by atoms with Crippen molar-refractivity contribution in [2.24, 2.45) is 4.99 Å². The third kappa shape index (κ3) is 7.73. The van der Waals surface area contributed by atoms with Gasteiger partial charge in [-0.05, 0) is 57.5 Å². The highest BCUT2D eigenvalue weighted by Crippen LogP contribution is 2.25. The van der Waals surface area contributed by atoms with Gasteiger partial charge in [-0.3, -0.25) is 4.99 Å². The molecule has 154 valence electrons. The molecule has 7 heteroatoms. The first-order valence-corrected chi connectivity index (χ1v) is 9.53. The van der Waals surface area contributed by atoms with Gasteiger partial charge in [-0.2, -0.15) is 0 Å². The van der Waals surface area contributed by atoms with Crippen LogP contribution in [-0.4, -0.2) is 70.3 Å². The van der Waals surface area contributed by atoms with Gasteiger partial charge >= 0.3 is 0 Å². The van der Waals surface area contributed by atoms with E-state index in [9.17, 15) is 0 Å². The fraction of sp³-hybridized carbons (Fsp3) is 0.650. The molecule has 1 aromatic carbocycles. The zero-order valence-electron chi connectivity index (χ0n) is 17.2. The first-order chi connectivity index (χ1) is 12.7. The van der Waals surface area contributed by atoms with Crippen molar-refractivity contribution in [2.45, 2.75) is 32.2 Å². The van der Waals surface area contributed by atoms with E-state index in [0.29, 0.717) is 0 Å². The molecule has 0 spiro atoms. The van der Waals surface area contributed by atoms with E-state index in [0.717, 1.165) is 42.5 Å². The summed E-state index contributed by atoms with van der Waals surface area (Å²) in [4.78, 5) is 9.09. The molecule has 0 aromatic heterocycles. The number of nitrogens with zero attached hydrogens (tertiary/aromatic N) is 3. The second kappa shape index (κ2) is 13.0. The molecule has 1 aliphatic heterocycles. The minimum Gasteiger partial charge on any atom is -0.497 e. The predicted molar refractivity (Wildman–Crippen MR) is 123 cm³/mol. The van der Waals surface area contributed by atoms with Crippen LogP contribution in [-0.2, 0) is 6.54 Å². The van der Waals surface area contributed by atoms with Crippen LogP contribution in [0.5, 0.6) is 11.5 Å². The maximum absolute atomic E-state index is 5.49. The number of aliphatic imine (C=N–C) groups is 1. The molecule has 1 fully saturated rings. The Labute approximate surface area is 181 Å². The molecule has 6 nitrogen and oxygen atoms in total. The molecule has 1 heterocycles. The third-order valence-corrected chi connectivity index (χ3v) is 4.86. The summed E-state index contributed by atoms with van der Waals surface area (Å²) in [5.41, 5.74) is 1.10. The number of unbranched alkanes of at least 4 members (excludes halogenated alkanes) is 1. The van der Waals surface area contributed by atoms with E-state index in [1.54, 1.807) is 14.2 Å². The van der Waals surface area contributed by atoms with E-state index in [4.69, 9.17) is 9.47 Å². The van der Waals surface area contributed by atoms with E-state index < -0.39 is 0 Å². The van der Waals surface area contributed by atoms with Crippen LogP contribution in [0.2, 0.25) is 0 Å². The highest BCUT2D eigenvalue weighted by atomic mass is 127. The van der Waals surface area contributed by atoms with Crippen LogP contribution in [0.1, 0.15) is 31.2 Å². The number of rotatable bonds is 9. The van der Waals surface area contributed by atoms with Crippen molar-refractivity contribution in [2.75, 3.05) is 54.5 Å². The first-order valence-electron chi connectivity index (χ1n) is 9.53. The van der Waals surface area contributed by atoms with Crippen LogP contribution in [0.3, 0.4) is 0 Å². The number of hydrogen-bond donors (Lipinski definition) is 1. The lowest BCUT2D eigenvalue weighted by Gasteiger charge is -2.23. The van der Waals surface area contributed by atoms with Crippen LogP contribution < -0.4 is 14.8 Å². The summed E-state index contributed by atoms with van der Waals surface area (Å²) in [6.07, 6.45) is 5.13. The standard InChI is InChI=1S/C20H34N4O2.HI/c1-21-20(22-11-5-6-12-24-13-7-8-14-24)23(2)16-17-9-10-18(25-3)15-19(17)26-4;/h9-10,15H,5-8,11-14,16H2,1-4H3,(H,21,22);1H. The summed E-state index contributed by atoms with van der Waals surface area (Å²) < 4.78 is 10.8. The average molecular weight is 490 g/mol. The van der Waals surface area contributed by atoms with Gasteiger partial charge in [0.1, 0.15) is 11.5 Å². The number of guanidine groups is 1. The van der Waals surface area contributed by atoms with Crippen molar-refractivity contribution in [3.8, 4) is 11.5 Å². The topological polar surface area (TPSA) is 49.3 Å². The molecule has 27 heavy (non-hydrogen) atoms. The van der Waals surface area contributed by atoms with Gasteiger partial charge in [0.25, 0.3) is 0 Å². The summed E-state index contributed by atoms with van der Waals surface area (Å²) in [6, 6.07) is 5.91. The van der Waals surface area contributed by atoms with Gasteiger partial charge in [0.05, 0.1) is 14.2 Å². The van der Waals surface area contributed by atoms with Gasteiger partial charge in [0, 0.05) is 38.8 Å². The molecule has 1 aliphatic rings. The van der Waals surface area contributed by atoms with Crippen LogP contribution >= 0.6 is 24.0 Å². The third-order valence-electron chi connectivity index (χ3n) is 4.86. The predicted octanol–water partition coefficient (Wildman–Crippen LogP) is 3.21. The van der Waals surface area contributed by atoms with Crippen molar-refractivity contribution < 1.29 is 9.47 Å². The smallest absolute Gasteiger partial charge is 0.193 e. The minimum absolute atomic E-state index is 0. The number of methoxy groups -OCH3 is 2. The van der Waals surface area contributed by atoms with Gasteiger partial charge in [-0.1, -0.05) is 0 Å². The molecule has 1 N–H and O–H groups in total. The molecule has 0 amide bonds. The van der Waals surface area contributed by atoms with Gasteiger partial charge in [-0.15, -0.1) is 24.0 Å². The summed E-state index contributed by atoms with van der Waals surface area (Å²) in [5.74, 6) is 2.54. The number of nitrogens with one attached hydrogen (secondary N) is 1. The molecule has 0 unspecified atom stereocenters. The summed E-state index contributed by atoms with van der Waals surface area (Å²) >= 11 is 0. The van der Waals surface area contributed by atoms with Crippen molar-refractivity contribution in [1.29, 1.82) is 0 Å².